The highest BCUT2D eigenvalue weighted by atomic mass is 16.5. The van der Waals surface area contributed by atoms with Crippen molar-refractivity contribution in [3.8, 4) is 56.9 Å². The van der Waals surface area contributed by atoms with E-state index in [1.54, 1.807) is 0 Å². The standard InChI is InChI=1S/C39H31N3O3/c1-41-20-21-42(28-41)32-25-37(44-34-14-6-3-7-15-34)27-38(26-32)45-36-17-9-11-31(23-36)39-24-30(18-19-40-39)29-10-8-16-35(22-29)43-33-12-4-2-5-13-33/h2-27H,28H2,1H3. The van der Waals surface area contributed by atoms with E-state index in [1.165, 1.54) is 0 Å². The number of hydrogen-bond acceptors (Lipinski definition) is 6. The Bertz CT molecular complexity index is 1940. The minimum absolute atomic E-state index is 0.676. The molecule has 0 saturated carbocycles. The third-order valence-corrected chi connectivity index (χ3v) is 7.32. The summed E-state index contributed by atoms with van der Waals surface area (Å²) in [5.74, 6) is 4.42. The summed E-state index contributed by atoms with van der Waals surface area (Å²) in [7, 11) is 2.04. The number of nitrogens with zero attached hydrogens (tertiary/aromatic N) is 3. The summed E-state index contributed by atoms with van der Waals surface area (Å²) < 4.78 is 18.7. The number of anilines is 1. The normalized spacial score (nSPS) is 12.3. The Morgan fingerprint density at radius 2 is 1.04 bits per heavy atom. The Kier molecular flexibility index (Phi) is 7.84. The molecular formula is C39H31N3O3. The Morgan fingerprint density at radius 1 is 0.489 bits per heavy atom. The molecule has 0 fully saturated rings. The van der Waals surface area contributed by atoms with Gasteiger partial charge in [-0.05, 0) is 71.8 Å². The molecule has 0 atom stereocenters. The van der Waals surface area contributed by atoms with Gasteiger partial charge >= 0.3 is 0 Å². The zero-order valence-electron chi connectivity index (χ0n) is 24.8. The molecule has 6 nitrogen and oxygen atoms in total. The molecule has 6 aromatic rings. The summed E-state index contributed by atoms with van der Waals surface area (Å²) >= 11 is 0. The summed E-state index contributed by atoms with van der Waals surface area (Å²) in [4.78, 5) is 8.94. The molecule has 0 spiro atoms. The predicted molar refractivity (Wildman–Crippen MR) is 179 cm³/mol. The van der Waals surface area contributed by atoms with Crippen LogP contribution in [0, 0.1) is 0 Å². The van der Waals surface area contributed by atoms with E-state index in [0.29, 0.717) is 17.2 Å². The topological polar surface area (TPSA) is 47.1 Å². The van der Waals surface area contributed by atoms with E-state index in [-0.39, 0.29) is 0 Å². The molecule has 0 N–H and O–H groups in total. The van der Waals surface area contributed by atoms with Gasteiger partial charge in [0.2, 0.25) is 0 Å². The number of benzene rings is 5. The zero-order chi connectivity index (χ0) is 30.4. The third kappa shape index (κ3) is 6.81. The van der Waals surface area contributed by atoms with E-state index < -0.39 is 0 Å². The van der Waals surface area contributed by atoms with Crippen LogP contribution in [0.25, 0.3) is 22.4 Å². The summed E-state index contributed by atoms with van der Waals surface area (Å²) in [5, 5.41) is 0. The van der Waals surface area contributed by atoms with Gasteiger partial charge in [0.05, 0.1) is 12.4 Å². The van der Waals surface area contributed by atoms with Gasteiger partial charge in [-0.15, -0.1) is 0 Å². The van der Waals surface area contributed by atoms with Gasteiger partial charge in [0.25, 0.3) is 0 Å². The highest BCUT2D eigenvalue weighted by Gasteiger charge is 2.15. The fourth-order valence-electron chi connectivity index (χ4n) is 5.15. The van der Waals surface area contributed by atoms with Gasteiger partial charge in [0.15, 0.2) is 0 Å². The molecular weight excluding hydrogens is 558 g/mol. The maximum absolute atomic E-state index is 6.44. The quantitative estimate of drug-likeness (QED) is 0.167. The molecule has 0 amide bonds. The molecule has 0 aliphatic carbocycles. The van der Waals surface area contributed by atoms with Gasteiger partial charge in [-0.1, -0.05) is 60.7 Å². The predicted octanol–water partition coefficient (Wildman–Crippen LogP) is 9.97. The monoisotopic (exact) mass is 589 g/mol. The Labute approximate surface area is 263 Å². The summed E-state index contributed by atoms with van der Waals surface area (Å²) in [6, 6.07) is 45.7. The van der Waals surface area contributed by atoms with Crippen LogP contribution < -0.4 is 19.1 Å². The van der Waals surface area contributed by atoms with Crippen LogP contribution in [0.3, 0.4) is 0 Å². The van der Waals surface area contributed by atoms with Gasteiger partial charge < -0.3 is 24.0 Å². The van der Waals surface area contributed by atoms with Crippen LogP contribution in [0.15, 0.2) is 158 Å². The first-order valence-corrected chi connectivity index (χ1v) is 14.8. The van der Waals surface area contributed by atoms with Gasteiger partial charge in [0.1, 0.15) is 34.5 Å². The fourth-order valence-corrected chi connectivity index (χ4v) is 5.15. The molecule has 0 saturated heterocycles. The maximum atomic E-state index is 6.44. The number of rotatable bonds is 9. The maximum Gasteiger partial charge on any atom is 0.133 e. The lowest BCUT2D eigenvalue weighted by atomic mass is 10.0. The lowest BCUT2D eigenvalue weighted by Gasteiger charge is -2.20. The highest BCUT2D eigenvalue weighted by molar-refractivity contribution is 5.72. The van der Waals surface area contributed by atoms with E-state index in [4.69, 9.17) is 14.2 Å². The molecule has 1 aliphatic heterocycles. The minimum Gasteiger partial charge on any atom is -0.457 e. The van der Waals surface area contributed by atoms with Gasteiger partial charge in [-0.25, -0.2) is 0 Å². The smallest absolute Gasteiger partial charge is 0.133 e. The zero-order valence-corrected chi connectivity index (χ0v) is 24.8. The van der Waals surface area contributed by atoms with Crippen molar-refractivity contribution < 1.29 is 14.2 Å². The molecule has 0 bridgehead atoms. The van der Waals surface area contributed by atoms with E-state index in [1.807, 2.05) is 153 Å². The van der Waals surface area contributed by atoms with E-state index in [9.17, 15) is 0 Å². The van der Waals surface area contributed by atoms with E-state index >= 15 is 0 Å². The number of para-hydroxylation sites is 2. The van der Waals surface area contributed by atoms with Gasteiger partial charge in [0, 0.05) is 55.1 Å². The SMILES string of the molecule is CN1C=CN(c2cc(Oc3ccccc3)cc(Oc3cccc(-c4cc(-c5cccc(Oc6ccccc6)c5)ccn4)c3)c2)C1. The van der Waals surface area contributed by atoms with Crippen molar-refractivity contribution in [1.29, 1.82) is 0 Å². The Balaban J connectivity index is 1.14. The second-order valence-corrected chi connectivity index (χ2v) is 10.7. The van der Waals surface area contributed by atoms with Crippen molar-refractivity contribution in [2.45, 2.75) is 0 Å². The van der Waals surface area contributed by atoms with Crippen LogP contribution in [0.1, 0.15) is 0 Å². The highest BCUT2D eigenvalue weighted by Crippen LogP contribution is 2.36. The van der Waals surface area contributed by atoms with Crippen LogP contribution in [0.5, 0.6) is 34.5 Å². The number of hydrogen-bond donors (Lipinski definition) is 0. The molecule has 220 valence electrons. The Hall–Kier alpha value is -6.01. The largest absolute Gasteiger partial charge is 0.457 e. The first-order valence-electron chi connectivity index (χ1n) is 14.8. The molecule has 5 aromatic carbocycles. The third-order valence-electron chi connectivity index (χ3n) is 7.32. The van der Waals surface area contributed by atoms with Crippen LogP contribution in [-0.2, 0) is 0 Å². The van der Waals surface area contributed by atoms with Gasteiger partial charge in [-0.2, -0.15) is 0 Å². The molecule has 45 heavy (non-hydrogen) atoms. The lowest BCUT2D eigenvalue weighted by Crippen LogP contribution is -2.21. The van der Waals surface area contributed by atoms with Crippen molar-refractivity contribution >= 4 is 5.69 Å². The van der Waals surface area contributed by atoms with Gasteiger partial charge in [-0.3, -0.25) is 4.98 Å². The molecule has 6 heteroatoms. The van der Waals surface area contributed by atoms with Crippen molar-refractivity contribution in [2.75, 3.05) is 18.6 Å². The first-order chi connectivity index (χ1) is 22.1. The molecule has 0 radical (unpaired) electrons. The molecule has 0 unspecified atom stereocenters. The molecule has 1 aromatic heterocycles. The molecule has 1 aliphatic rings. The summed E-state index contributed by atoms with van der Waals surface area (Å²) in [6.45, 7) is 0.743. The number of pyridine rings is 1. The lowest BCUT2D eigenvalue weighted by molar-refractivity contribution is 0.459. The average Bonchev–Trinajstić information content (AvgIpc) is 3.52. The first kappa shape index (κ1) is 27.8. The van der Waals surface area contributed by atoms with Crippen molar-refractivity contribution in [3.63, 3.8) is 0 Å². The average molecular weight is 590 g/mol. The van der Waals surface area contributed by atoms with E-state index in [2.05, 4.69) is 26.9 Å². The van der Waals surface area contributed by atoms with Crippen molar-refractivity contribution in [3.05, 3.63) is 158 Å². The second-order valence-electron chi connectivity index (χ2n) is 10.7. The fraction of sp³-hybridized carbons (Fsp3) is 0.0513. The van der Waals surface area contributed by atoms with Crippen LogP contribution in [-0.4, -0.2) is 23.6 Å². The molecule has 2 heterocycles. The van der Waals surface area contributed by atoms with E-state index in [0.717, 1.165) is 52.0 Å². The van der Waals surface area contributed by atoms with Crippen molar-refractivity contribution in [2.24, 2.45) is 0 Å². The minimum atomic E-state index is 0.676. The molecule has 7 rings (SSSR count). The number of aromatic nitrogens is 1. The summed E-state index contributed by atoms with van der Waals surface area (Å²) in [6.07, 6.45) is 5.93. The second kappa shape index (κ2) is 12.7. The summed E-state index contributed by atoms with van der Waals surface area (Å²) in [5.41, 5.74) is 4.86. The number of ether oxygens (including phenoxy) is 3. The Morgan fingerprint density at radius 3 is 1.69 bits per heavy atom. The van der Waals surface area contributed by atoms with Crippen molar-refractivity contribution in [1.82, 2.24) is 9.88 Å². The van der Waals surface area contributed by atoms with Crippen LogP contribution >= 0.6 is 0 Å². The van der Waals surface area contributed by atoms with Crippen LogP contribution in [0.4, 0.5) is 5.69 Å². The van der Waals surface area contributed by atoms with Crippen LogP contribution in [0.2, 0.25) is 0 Å².